The van der Waals surface area contributed by atoms with Crippen LogP contribution < -0.4 is 11.1 Å². The molecule has 0 aliphatic heterocycles. The molecule has 5 nitrogen and oxygen atoms in total. The topological polar surface area (TPSA) is 78.0 Å². The second kappa shape index (κ2) is 6.71. The molecule has 1 heterocycles. The van der Waals surface area contributed by atoms with Gasteiger partial charge >= 0.3 is 0 Å². The number of nitrogens with two attached hydrogens (primary N) is 1. The van der Waals surface area contributed by atoms with Crippen LogP contribution >= 0.6 is 0 Å². The summed E-state index contributed by atoms with van der Waals surface area (Å²) in [6.45, 7) is 1.94. The monoisotopic (exact) mass is 233 g/mol. The average Bonchev–Trinajstić information content (AvgIpc) is 2.30. The molecule has 0 bridgehead atoms. The lowest BCUT2D eigenvalue weighted by atomic mass is 10.3. The Morgan fingerprint density at radius 1 is 1.41 bits per heavy atom. The van der Waals surface area contributed by atoms with Crippen molar-refractivity contribution in [1.82, 2.24) is 9.88 Å². The lowest BCUT2D eigenvalue weighted by molar-refractivity contribution is 0.396. The fourth-order valence-corrected chi connectivity index (χ4v) is 1.43. The number of hydrogen-bond acceptors (Lipinski definition) is 5. The van der Waals surface area contributed by atoms with E-state index in [2.05, 4.69) is 29.3 Å². The van der Waals surface area contributed by atoms with E-state index in [0.29, 0.717) is 11.5 Å². The number of pyridine rings is 1. The molecule has 0 aliphatic rings. The van der Waals surface area contributed by atoms with E-state index < -0.39 is 0 Å². The zero-order chi connectivity index (χ0) is 12.7. The molecule has 1 aromatic heterocycles. The second-order valence-electron chi connectivity index (χ2n) is 4.18. The number of nitrogen functional groups attached to an aromatic ring is 1. The number of aromatic nitrogens is 1. The maximum atomic E-state index is 8.79. The number of nitrogens with one attached hydrogen (secondary N) is 1. The number of hydrogen-bond donors (Lipinski definition) is 2. The third-order valence-corrected chi connectivity index (χ3v) is 2.37. The van der Waals surface area contributed by atoms with Crippen molar-refractivity contribution in [3.63, 3.8) is 0 Å². The van der Waals surface area contributed by atoms with Crippen LogP contribution in [0.1, 0.15) is 18.5 Å². The number of nitrogens with zero attached hydrogens (tertiary/aromatic N) is 3. The van der Waals surface area contributed by atoms with Crippen LogP contribution in [0.4, 0.5) is 11.5 Å². The van der Waals surface area contributed by atoms with Crippen LogP contribution in [0.5, 0.6) is 0 Å². The van der Waals surface area contributed by atoms with Gasteiger partial charge in [-0.05, 0) is 45.6 Å². The first kappa shape index (κ1) is 13.3. The lowest BCUT2D eigenvalue weighted by Crippen LogP contribution is -2.14. The molecule has 0 saturated heterocycles. The van der Waals surface area contributed by atoms with Gasteiger partial charge in [-0.3, -0.25) is 0 Å². The molecule has 0 aromatic carbocycles. The molecule has 3 N–H and O–H groups in total. The summed E-state index contributed by atoms with van der Waals surface area (Å²) in [4.78, 5) is 6.28. The van der Waals surface area contributed by atoms with Gasteiger partial charge in [-0.2, -0.15) is 5.26 Å². The second-order valence-corrected chi connectivity index (χ2v) is 4.18. The van der Waals surface area contributed by atoms with Crippen molar-refractivity contribution in [3.8, 4) is 6.07 Å². The Kier molecular flexibility index (Phi) is 5.24. The number of anilines is 2. The van der Waals surface area contributed by atoms with Gasteiger partial charge < -0.3 is 16.0 Å². The van der Waals surface area contributed by atoms with Crippen LogP contribution in [0.3, 0.4) is 0 Å². The summed E-state index contributed by atoms with van der Waals surface area (Å²) in [5.41, 5.74) is 6.29. The molecule has 0 aliphatic carbocycles. The first-order chi connectivity index (χ1) is 8.13. The highest BCUT2D eigenvalue weighted by atomic mass is 15.0. The largest absolute Gasteiger partial charge is 0.396 e. The summed E-state index contributed by atoms with van der Waals surface area (Å²) in [7, 11) is 4.13. The molecule has 17 heavy (non-hydrogen) atoms. The lowest BCUT2D eigenvalue weighted by Gasteiger charge is -2.10. The predicted octanol–water partition coefficient (Wildman–Crippen LogP) is 1.29. The van der Waals surface area contributed by atoms with E-state index in [4.69, 9.17) is 11.0 Å². The fourth-order valence-electron chi connectivity index (χ4n) is 1.43. The van der Waals surface area contributed by atoms with E-state index in [0.717, 1.165) is 25.9 Å². The Bertz CT molecular complexity index is 394. The minimum absolute atomic E-state index is 0.281. The maximum Gasteiger partial charge on any atom is 0.165 e. The average molecular weight is 233 g/mol. The van der Waals surface area contributed by atoms with Gasteiger partial charge in [-0.25, -0.2) is 4.98 Å². The molecule has 0 unspecified atom stereocenters. The third kappa shape index (κ3) is 4.70. The van der Waals surface area contributed by atoms with Gasteiger partial charge in [0, 0.05) is 6.54 Å². The van der Waals surface area contributed by atoms with Crippen LogP contribution in [0.15, 0.2) is 12.1 Å². The van der Waals surface area contributed by atoms with Gasteiger partial charge in [0.05, 0.1) is 5.69 Å². The first-order valence-corrected chi connectivity index (χ1v) is 5.68. The van der Waals surface area contributed by atoms with Crippen LogP contribution in [0, 0.1) is 11.3 Å². The Labute approximate surface area is 102 Å². The number of nitriles is 1. The summed E-state index contributed by atoms with van der Waals surface area (Å²) in [5.74, 6) is 0.709. The molecule has 0 radical (unpaired) electrons. The zero-order valence-electron chi connectivity index (χ0n) is 10.4. The highest BCUT2D eigenvalue weighted by Gasteiger charge is 2.01. The maximum absolute atomic E-state index is 8.79. The molecule has 0 spiro atoms. The van der Waals surface area contributed by atoms with Crippen LogP contribution in [-0.4, -0.2) is 37.1 Å². The first-order valence-electron chi connectivity index (χ1n) is 5.68. The Balaban J connectivity index is 2.35. The SMILES string of the molecule is CN(C)CCCCNc1ccc(N)c(C#N)n1. The highest BCUT2D eigenvalue weighted by molar-refractivity contribution is 5.54. The molecule has 0 atom stereocenters. The van der Waals surface area contributed by atoms with Crippen molar-refractivity contribution in [2.45, 2.75) is 12.8 Å². The fraction of sp³-hybridized carbons (Fsp3) is 0.500. The summed E-state index contributed by atoms with van der Waals surface area (Å²) < 4.78 is 0. The van der Waals surface area contributed by atoms with E-state index in [-0.39, 0.29) is 5.69 Å². The Hall–Kier alpha value is -1.80. The standard InChI is InChI=1S/C12H19N5/c1-17(2)8-4-3-7-15-12-6-5-10(14)11(9-13)16-12/h5-6H,3-4,7-8,14H2,1-2H3,(H,15,16). The number of unbranched alkanes of at least 4 members (excludes halogenated alkanes) is 1. The minimum Gasteiger partial charge on any atom is -0.396 e. The van der Waals surface area contributed by atoms with Gasteiger partial charge in [0.25, 0.3) is 0 Å². The minimum atomic E-state index is 0.281. The molecular weight excluding hydrogens is 214 g/mol. The van der Waals surface area contributed by atoms with E-state index >= 15 is 0 Å². The summed E-state index contributed by atoms with van der Waals surface area (Å²) in [6, 6.07) is 5.47. The van der Waals surface area contributed by atoms with Crippen molar-refractivity contribution in [2.75, 3.05) is 38.2 Å². The molecule has 0 saturated carbocycles. The molecule has 0 amide bonds. The van der Waals surface area contributed by atoms with Crippen LogP contribution in [0.2, 0.25) is 0 Å². The van der Waals surface area contributed by atoms with Crippen molar-refractivity contribution < 1.29 is 0 Å². The van der Waals surface area contributed by atoms with Gasteiger partial charge in [0.1, 0.15) is 11.9 Å². The Morgan fingerprint density at radius 2 is 2.18 bits per heavy atom. The summed E-state index contributed by atoms with van der Waals surface area (Å²) >= 11 is 0. The number of rotatable bonds is 6. The van der Waals surface area contributed by atoms with E-state index in [1.807, 2.05) is 6.07 Å². The highest BCUT2D eigenvalue weighted by Crippen LogP contribution is 2.11. The molecule has 1 rings (SSSR count). The quantitative estimate of drug-likeness (QED) is 0.724. The van der Waals surface area contributed by atoms with E-state index in [1.54, 1.807) is 12.1 Å². The van der Waals surface area contributed by atoms with Gasteiger partial charge in [0.15, 0.2) is 5.69 Å². The molecule has 92 valence electrons. The van der Waals surface area contributed by atoms with Crippen molar-refractivity contribution in [3.05, 3.63) is 17.8 Å². The molecule has 0 fully saturated rings. The third-order valence-electron chi connectivity index (χ3n) is 2.37. The van der Waals surface area contributed by atoms with Crippen LogP contribution in [-0.2, 0) is 0 Å². The van der Waals surface area contributed by atoms with Crippen molar-refractivity contribution in [1.29, 1.82) is 5.26 Å². The van der Waals surface area contributed by atoms with Gasteiger partial charge in [-0.1, -0.05) is 0 Å². The molecule has 1 aromatic rings. The van der Waals surface area contributed by atoms with E-state index in [1.165, 1.54) is 0 Å². The summed E-state index contributed by atoms with van der Waals surface area (Å²) in [5, 5.41) is 12.0. The summed E-state index contributed by atoms with van der Waals surface area (Å²) in [6.07, 6.45) is 2.21. The molecular formula is C12H19N5. The molecule has 5 heteroatoms. The van der Waals surface area contributed by atoms with Crippen molar-refractivity contribution in [2.24, 2.45) is 0 Å². The van der Waals surface area contributed by atoms with E-state index in [9.17, 15) is 0 Å². The van der Waals surface area contributed by atoms with Crippen molar-refractivity contribution >= 4 is 11.5 Å². The van der Waals surface area contributed by atoms with Crippen LogP contribution in [0.25, 0.3) is 0 Å². The Morgan fingerprint density at radius 3 is 2.82 bits per heavy atom. The normalized spacial score (nSPS) is 10.2. The van der Waals surface area contributed by atoms with Gasteiger partial charge in [0.2, 0.25) is 0 Å². The smallest absolute Gasteiger partial charge is 0.165 e. The zero-order valence-corrected chi connectivity index (χ0v) is 10.4. The van der Waals surface area contributed by atoms with Gasteiger partial charge in [-0.15, -0.1) is 0 Å². The predicted molar refractivity (Wildman–Crippen MR) is 69.6 cm³/mol.